The predicted octanol–water partition coefficient (Wildman–Crippen LogP) is 1.06. The van der Waals surface area contributed by atoms with Gasteiger partial charge in [0.25, 0.3) is 5.56 Å². The van der Waals surface area contributed by atoms with Gasteiger partial charge in [-0.15, -0.1) is 0 Å². The molecule has 2 saturated heterocycles. The Morgan fingerprint density at radius 1 is 1.26 bits per heavy atom. The highest BCUT2D eigenvalue weighted by molar-refractivity contribution is 5.53. The van der Waals surface area contributed by atoms with Crippen molar-refractivity contribution in [1.82, 2.24) is 4.57 Å². The lowest BCUT2D eigenvalue weighted by molar-refractivity contribution is -0.937. The van der Waals surface area contributed by atoms with Gasteiger partial charge in [0.15, 0.2) is 0 Å². The highest BCUT2D eigenvalue weighted by Gasteiger charge is 2.40. The van der Waals surface area contributed by atoms with E-state index in [0.717, 1.165) is 25.8 Å². The Kier molecular flexibility index (Phi) is 4.12. The molecule has 4 heterocycles. The molecule has 4 nitrogen and oxygen atoms in total. The van der Waals surface area contributed by atoms with Crippen molar-refractivity contribution in [1.29, 1.82) is 0 Å². The number of likely N-dealkylation sites (tertiary alicyclic amines) is 1. The molecule has 0 radical (unpaired) electrons. The zero-order valence-electron chi connectivity index (χ0n) is 14.0. The third kappa shape index (κ3) is 2.79. The SMILES string of the molecule is C/C=C/c1ccc(=O)n2c1[C@@H]1C[C@H](C2)C[NH+](C2CCOCC2)C1. The molecule has 2 fully saturated rings. The van der Waals surface area contributed by atoms with E-state index in [1.807, 2.05) is 13.0 Å². The Morgan fingerprint density at radius 3 is 2.87 bits per heavy atom. The lowest BCUT2D eigenvalue weighted by Gasteiger charge is -2.44. The summed E-state index contributed by atoms with van der Waals surface area (Å²) in [6.45, 7) is 7.19. The Balaban J connectivity index is 1.67. The summed E-state index contributed by atoms with van der Waals surface area (Å²) in [7, 11) is 0. The number of nitrogens with zero attached hydrogens (tertiary/aromatic N) is 1. The first-order valence-corrected chi connectivity index (χ1v) is 9.05. The number of aromatic nitrogens is 1. The third-order valence-electron chi connectivity index (χ3n) is 5.91. The molecule has 4 heteroatoms. The zero-order chi connectivity index (χ0) is 15.8. The molecule has 1 N–H and O–H groups in total. The summed E-state index contributed by atoms with van der Waals surface area (Å²) in [4.78, 5) is 14.1. The summed E-state index contributed by atoms with van der Waals surface area (Å²) >= 11 is 0. The molecule has 4 rings (SSSR count). The molecule has 3 aliphatic rings. The molecule has 1 aromatic heterocycles. The van der Waals surface area contributed by atoms with E-state index in [2.05, 4.69) is 16.7 Å². The van der Waals surface area contributed by atoms with E-state index in [1.54, 1.807) is 11.0 Å². The van der Waals surface area contributed by atoms with E-state index in [4.69, 9.17) is 4.74 Å². The monoisotopic (exact) mass is 315 g/mol. The number of hydrogen-bond acceptors (Lipinski definition) is 2. The lowest BCUT2D eigenvalue weighted by Crippen LogP contribution is -3.18. The molecular formula is C19H27N2O2+. The number of fused-ring (bicyclic) bond motifs is 4. The van der Waals surface area contributed by atoms with E-state index in [-0.39, 0.29) is 5.56 Å². The number of rotatable bonds is 2. The maximum absolute atomic E-state index is 12.4. The molecule has 1 aromatic rings. The fourth-order valence-corrected chi connectivity index (χ4v) is 4.96. The Hall–Kier alpha value is -1.39. The number of allylic oxidation sites excluding steroid dienone is 1. The van der Waals surface area contributed by atoms with Crippen molar-refractivity contribution in [2.75, 3.05) is 26.3 Å². The van der Waals surface area contributed by atoms with E-state index in [1.165, 1.54) is 43.6 Å². The van der Waals surface area contributed by atoms with Gasteiger partial charge < -0.3 is 14.2 Å². The zero-order valence-corrected chi connectivity index (χ0v) is 14.0. The van der Waals surface area contributed by atoms with Gasteiger partial charge in [-0.2, -0.15) is 0 Å². The topological polar surface area (TPSA) is 35.7 Å². The largest absolute Gasteiger partial charge is 0.381 e. The van der Waals surface area contributed by atoms with Crippen molar-refractivity contribution in [2.45, 2.75) is 44.7 Å². The van der Waals surface area contributed by atoms with Crippen molar-refractivity contribution in [3.05, 3.63) is 39.8 Å². The van der Waals surface area contributed by atoms with Crippen molar-refractivity contribution >= 4 is 6.08 Å². The van der Waals surface area contributed by atoms with Crippen LogP contribution in [0.15, 0.2) is 23.0 Å². The first kappa shape index (κ1) is 15.2. The van der Waals surface area contributed by atoms with Gasteiger partial charge in [-0.25, -0.2) is 0 Å². The van der Waals surface area contributed by atoms with Gasteiger partial charge in [0.2, 0.25) is 0 Å². The number of pyridine rings is 1. The summed E-state index contributed by atoms with van der Waals surface area (Å²) in [6.07, 6.45) is 7.88. The van der Waals surface area contributed by atoms with Gasteiger partial charge in [0, 0.05) is 43.0 Å². The minimum atomic E-state index is 0.178. The summed E-state index contributed by atoms with van der Waals surface area (Å²) in [6, 6.07) is 4.50. The van der Waals surface area contributed by atoms with Gasteiger partial charge >= 0.3 is 0 Å². The number of quaternary nitrogens is 1. The standard InChI is InChI=1S/C19H26N2O2/c1-2-3-15-4-5-18(22)21-12-14-10-16(19(15)21)13-20(11-14)17-6-8-23-9-7-17/h2-5,14,16-17H,6-13H2,1H3/p+1/b3-2+/t14-,16+/m0/s1. The minimum Gasteiger partial charge on any atom is -0.381 e. The van der Waals surface area contributed by atoms with Crippen molar-refractivity contribution in [3.63, 3.8) is 0 Å². The first-order valence-electron chi connectivity index (χ1n) is 9.05. The Bertz CT molecular complexity index is 658. The summed E-state index contributed by atoms with van der Waals surface area (Å²) < 4.78 is 7.60. The average Bonchev–Trinajstić information content (AvgIpc) is 2.58. The molecule has 124 valence electrons. The van der Waals surface area contributed by atoms with Gasteiger partial charge in [-0.3, -0.25) is 4.79 Å². The fraction of sp³-hybridized carbons (Fsp3) is 0.632. The summed E-state index contributed by atoms with van der Waals surface area (Å²) in [5.74, 6) is 1.18. The van der Waals surface area contributed by atoms with Crippen LogP contribution >= 0.6 is 0 Å². The van der Waals surface area contributed by atoms with Crippen molar-refractivity contribution in [3.8, 4) is 0 Å². The van der Waals surface area contributed by atoms with Crippen LogP contribution in [-0.4, -0.2) is 36.9 Å². The van der Waals surface area contributed by atoms with Crippen molar-refractivity contribution in [2.24, 2.45) is 5.92 Å². The predicted molar refractivity (Wildman–Crippen MR) is 90.8 cm³/mol. The molecule has 3 atom stereocenters. The molecule has 1 unspecified atom stereocenters. The molecule has 3 aliphatic heterocycles. The smallest absolute Gasteiger partial charge is 0.250 e. The van der Waals surface area contributed by atoms with E-state index < -0.39 is 0 Å². The second-order valence-electron chi connectivity index (χ2n) is 7.37. The summed E-state index contributed by atoms with van der Waals surface area (Å²) in [5.41, 5.74) is 2.71. The highest BCUT2D eigenvalue weighted by atomic mass is 16.5. The quantitative estimate of drug-likeness (QED) is 0.886. The van der Waals surface area contributed by atoms with Crippen LogP contribution in [0.25, 0.3) is 6.08 Å². The molecule has 0 spiro atoms. The molecule has 23 heavy (non-hydrogen) atoms. The summed E-state index contributed by atoms with van der Waals surface area (Å²) in [5, 5.41) is 0. The lowest BCUT2D eigenvalue weighted by atomic mass is 9.80. The van der Waals surface area contributed by atoms with E-state index in [0.29, 0.717) is 11.8 Å². The van der Waals surface area contributed by atoms with Crippen LogP contribution in [0, 0.1) is 5.92 Å². The Labute approximate surface area is 137 Å². The molecule has 0 amide bonds. The maximum atomic E-state index is 12.4. The Morgan fingerprint density at radius 2 is 2.09 bits per heavy atom. The van der Waals surface area contributed by atoms with Crippen LogP contribution in [0.2, 0.25) is 0 Å². The number of hydrogen-bond donors (Lipinski definition) is 1. The van der Waals surface area contributed by atoms with Crippen LogP contribution in [-0.2, 0) is 11.3 Å². The molecule has 0 aliphatic carbocycles. The van der Waals surface area contributed by atoms with Crippen LogP contribution in [0.4, 0.5) is 0 Å². The van der Waals surface area contributed by atoms with Crippen molar-refractivity contribution < 1.29 is 9.64 Å². The third-order valence-corrected chi connectivity index (χ3v) is 5.91. The first-order chi connectivity index (χ1) is 11.3. The molecular weight excluding hydrogens is 288 g/mol. The fourth-order valence-electron chi connectivity index (χ4n) is 4.96. The second kappa shape index (κ2) is 6.25. The number of nitrogens with one attached hydrogen (secondary N) is 1. The molecule has 0 saturated carbocycles. The maximum Gasteiger partial charge on any atom is 0.250 e. The van der Waals surface area contributed by atoms with Gasteiger partial charge in [0.05, 0.1) is 32.3 Å². The molecule has 0 aromatic carbocycles. The van der Waals surface area contributed by atoms with Gasteiger partial charge in [0.1, 0.15) is 0 Å². The molecule has 2 bridgehead atoms. The van der Waals surface area contributed by atoms with Gasteiger partial charge in [-0.05, 0) is 25.0 Å². The minimum absolute atomic E-state index is 0.178. The average molecular weight is 315 g/mol. The highest BCUT2D eigenvalue weighted by Crippen LogP contribution is 2.33. The normalized spacial score (nSPS) is 31.3. The van der Waals surface area contributed by atoms with E-state index >= 15 is 0 Å². The van der Waals surface area contributed by atoms with Crippen LogP contribution in [0.5, 0.6) is 0 Å². The number of piperidine rings is 1. The second-order valence-corrected chi connectivity index (χ2v) is 7.37. The van der Waals surface area contributed by atoms with E-state index in [9.17, 15) is 4.79 Å². The van der Waals surface area contributed by atoms with Crippen LogP contribution in [0.3, 0.4) is 0 Å². The van der Waals surface area contributed by atoms with Gasteiger partial charge in [-0.1, -0.05) is 12.2 Å². The van der Waals surface area contributed by atoms with Crippen LogP contribution in [0.1, 0.15) is 43.4 Å². The number of ether oxygens (including phenoxy) is 1. The van der Waals surface area contributed by atoms with Crippen LogP contribution < -0.4 is 10.5 Å².